The highest BCUT2D eigenvalue weighted by Gasteiger charge is 2.25. The highest BCUT2D eigenvalue weighted by Crippen LogP contribution is 2.19. The van der Waals surface area contributed by atoms with Crippen LogP contribution in [0.3, 0.4) is 0 Å². The molecule has 0 bridgehead atoms. The predicted octanol–water partition coefficient (Wildman–Crippen LogP) is 2.79. The Hall–Kier alpha value is -1.67. The zero-order valence-electron chi connectivity index (χ0n) is 9.40. The van der Waals surface area contributed by atoms with Gasteiger partial charge in [-0.15, -0.1) is 0 Å². The van der Waals surface area contributed by atoms with E-state index in [4.69, 9.17) is 0 Å². The monoisotopic (exact) mass is 214 g/mol. The minimum Gasteiger partial charge on any atom is -0.382 e. The number of carbonyl (C=O) groups is 1. The predicted molar refractivity (Wildman–Crippen MR) is 64.6 cm³/mol. The molecule has 0 saturated carbocycles. The van der Waals surface area contributed by atoms with Crippen LogP contribution in [-0.4, -0.2) is 16.5 Å². The van der Waals surface area contributed by atoms with Crippen molar-refractivity contribution in [2.75, 3.05) is 0 Å². The second kappa shape index (κ2) is 3.72. The first-order valence-corrected chi connectivity index (χ1v) is 5.24. The lowest BCUT2D eigenvalue weighted by atomic mass is 9.95. The number of hydrogen-bond donors (Lipinski definition) is 1. The molecule has 1 N–H and O–H groups in total. The zero-order valence-corrected chi connectivity index (χ0v) is 9.40. The molecule has 0 spiro atoms. The van der Waals surface area contributed by atoms with E-state index in [0.29, 0.717) is 5.56 Å². The van der Waals surface area contributed by atoms with Gasteiger partial charge in [0.25, 0.3) is 0 Å². The van der Waals surface area contributed by atoms with Crippen LogP contribution in [0.2, 0.25) is 0 Å². The molecule has 0 radical (unpaired) electrons. The first-order chi connectivity index (χ1) is 7.48. The van der Waals surface area contributed by atoms with E-state index in [-0.39, 0.29) is 5.78 Å². The van der Waals surface area contributed by atoms with Crippen molar-refractivity contribution in [3.8, 4) is 0 Å². The van der Waals surface area contributed by atoms with E-state index in [1.807, 2.05) is 36.4 Å². The Bertz CT molecular complexity index is 536. The third kappa shape index (κ3) is 1.97. The van der Waals surface area contributed by atoms with Crippen LogP contribution in [0.25, 0.3) is 10.8 Å². The summed E-state index contributed by atoms with van der Waals surface area (Å²) in [7, 11) is 0. The molecule has 2 rings (SSSR count). The van der Waals surface area contributed by atoms with Crippen molar-refractivity contribution in [2.24, 2.45) is 0 Å². The van der Waals surface area contributed by atoms with Gasteiger partial charge in [-0.2, -0.15) is 0 Å². The molecule has 2 aromatic carbocycles. The molecule has 0 aliphatic heterocycles. The molecule has 0 heterocycles. The van der Waals surface area contributed by atoms with Crippen LogP contribution in [0.4, 0.5) is 0 Å². The molecular formula is C14H14O2. The van der Waals surface area contributed by atoms with Crippen molar-refractivity contribution in [1.82, 2.24) is 0 Å². The fraction of sp³-hybridized carbons (Fsp3) is 0.214. The summed E-state index contributed by atoms with van der Waals surface area (Å²) in [5, 5.41) is 11.8. The van der Waals surface area contributed by atoms with Crippen molar-refractivity contribution < 1.29 is 9.90 Å². The molecule has 2 heteroatoms. The van der Waals surface area contributed by atoms with Gasteiger partial charge in [-0.1, -0.05) is 36.4 Å². The molecular weight excluding hydrogens is 200 g/mol. The number of benzene rings is 2. The Labute approximate surface area is 94.5 Å². The van der Waals surface area contributed by atoms with Crippen molar-refractivity contribution >= 4 is 16.6 Å². The minimum atomic E-state index is -1.32. The van der Waals surface area contributed by atoms with Gasteiger partial charge in [0.15, 0.2) is 5.78 Å². The molecule has 16 heavy (non-hydrogen) atoms. The highest BCUT2D eigenvalue weighted by atomic mass is 16.3. The van der Waals surface area contributed by atoms with Gasteiger partial charge >= 0.3 is 0 Å². The summed E-state index contributed by atoms with van der Waals surface area (Å²) < 4.78 is 0. The lowest BCUT2D eigenvalue weighted by Crippen LogP contribution is -2.30. The number of carbonyl (C=O) groups excluding carboxylic acids is 1. The summed E-state index contributed by atoms with van der Waals surface area (Å²) >= 11 is 0. The van der Waals surface area contributed by atoms with Gasteiger partial charge in [0.1, 0.15) is 5.60 Å². The molecule has 0 aromatic heterocycles. The average Bonchev–Trinajstić information content (AvgIpc) is 2.26. The van der Waals surface area contributed by atoms with Crippen LogP contribution in [-0.2, 0) is 0 Å². The summed E-state index contributed by atoms with van der Waals surface area (Å²) in [6.45, 7) is 3.01. The van der Waals surface area contributed by atoms with E-state index in [2.05, 4.69) is 0 Å². The van der Waals surface area contributed by atoms with Gasteiger partial charge in [-0.25, -0.2) is 0 Å². The first kappa shape index (κ1) is 10.8. The number of Topliss-reactive ketones (excluding diaryl/α,β-unsaturated/α-hetero) is 1. The van der Waals surface area contributed by atoms with Gasteiger partial charge in [0, 0.05) is 5.56 Å². The van der Waals surface area contributed by atoms with Crippen LogP contribution in [0.1, 0.15) is 24.2 Å². The van der Waals surface area contributed by atoms with Crippen molar-refractivity contribution in [1.29, 1.82) is 0 Å². The molecule has 2 aromatic rings. The van der Waals surface area contributed by atoms with Gasteiger partial charge in [0.05, 0.1) is 0 Å². The van der Waals surface area contributed by atoms with Gasteiger partial charge in [0.2, 0.25) is 0 Å². The SMILES string of the molecule is CC(C)(O)C(=O)c1ccc2ccccc2c1. The largest absolute Gasteiger partial charge is 0.382 e. The summed E-state index contributed by atoms with van der Waals surface area (Å²) in [6.07, 6.45) is 0. The standard InChI is InChI=1S/C14H14O2/c1-14(2,16)13(15)12-8-7-10-5-3-4-6-11(10)9-12/h3-9,16H,1-2H3. The maximum absolute atomic E-state index is 11.9. The fourth-order valence-corrected chi connectivity index (χ4v) is 1.68. The average molecular weight is 214 g/mol. The summed E-state index contributed by atoms with van der Waals surface area (Å²) in [5.41, 5.74) is -0.770. The number of fused-ring (bicyclic) bond motifs is 1. The highest BCUT2D eigenvalue weighted by molar-refractivity contribution is 6.04. The van der Waals surface area contributed by atoms with Crippen molar-refractivity contribution in [3.63, 3.8) is 0 Å². The van der Waals surface area contributed by atoms with Crippen LogP contribution < -0.4 is 0 Å². The molecule has 0 amide bonds. The Morgan fingerprint density at radius 3 is 2.31 bits per heavy atom. The van der Waals surface area contributed by atoms with E-state index >= 15 is 0 Å². The van der Waals surface area contributed by atoms with Crippen LogP contribution in [0.5, 0.6) is 0 Å². The number of ketones is 1. The lowest BCUT2D eigenvalue weighted by molar-refractivity contribution is 0.0488. The molecule has 0 fully saturated rings. The second-order valence-corrected chi connectivity index (χ2v) is 4.45. The Kier molecular flexibility index (Phi) is 2.52. The van der Waals surface area contributed by atoms with Crippen LogP contribution in [0.15, 0.2) is 42.5 Å². The van der Waals surface area contributed by atoms with Crippen LogP contribution >= 0.6 is 0 Å². The number of rotatable bonds is 2. The maximum atomic E-state index is 11.9. The van der Waals surface area contributed by atoms with E-state index in [1.54, 1.807) is 6.07 Å². The topological polar surface area (TPSA) is 37.3 Å². The summed E-state index contributed by atoms with van der Waals surface area (Å²) in [5.74, 6) is -0.252. The number of hydrogen-bond acceptors (Lipinski definition) is 2. The molecule has 82 valence electrons. The molecule has 0 saturated heterocycles. The normalized spacial score (nSPS) is 11.7. The fourth-order valence-electron chi connectivity index (χ4n) is 1.68. The third-order valence-corrected chi connectivity index (χ3v) is 2.57. The maximum Gasteiger partial charge on any atom is 0.193 e. The molecule has 0 aliphatic carbocycles. The quantitative estimate of drug-likeness (QED) is 0.780. The zero-order chi connectivity index (χ0) is 11.8. The molecule has 0 unspecified atom stereocenters. The van der Waals surface area contributed by atoms with E-state index in [9.17, 15) is 9.90 Å². The Morgan fingerprint density at radius 1 is 1.06 bits per heavy atom. The second-order valence-electron chi connectivity index (χ2n) is 4.45. The van der Waals surface area contributed by atoms with Crippen molar-refractivity contribution in [2.45, 2.75) is 19.4 Å². The summed E-state index contributed by atoms with van der Waals surface area (Å²) in [6, 6.07) is 13.3. The van der Waals surface area contributed by atoms with Gasteiger partial charge in [-0.3, -0.25) is 4.79 Å². The molecule has 0 aliphatic rings. The Balaban J connectivity index is 2.52. The van der Waals surface area contributed by atoms with Crippen LogP contribution in [0, 0.1) is 0 Å². The van der Waals surface area contributed by atoms with Gasteiger partial charge in [-0.05, 0) is 30.7 Å². The van der Waals surface area contributed by atoms with Crippen molar-refractivity contribution in [3.05, 3.63) is 48.0 Å². The Morgan fingerprint density at radius 2 is 1.69 bits per heavy atom. The molecule has 0 atom stereocenters. The smallest absolute Gasteiger partial charge is 0.193 e. The summed E-state index contributed by atoms with van der Waals surface area (Å²) in [4.78, 5) is 11.9. The molecule has 2 nitrogen and oxygen atoms in total. The van der Waals surface area contributed by atoms with E-state index in [1.165, 1.54) is 13.8 Å². The first-order valence-electron chi connectivity index (χ1n) is 5.24. The minimum absolute atomic E-state index is 0.252. The lowest BCUT2D eigenvalue weighted by Gasteiger charge is -2.15. The van der Waals surface area contributed by atoms with E-state index in [0.717, 1.165) is 10.8 Å². The third-order valence-electron chi connectivity index (χ3n) is 2.57. The van der Waals surface area contributed by atoms with E-state index < -0.39 is 5.60 Å². The number of aliphatic hydroxyl groups is 1. The van der Waals surface area contributed by atoms with Gasteiger partial charge < -0.3 is 5.11 Å².